The fraction of sp³-hybridized carbons (Fsp3) is 0.429. The van der Waals surface area contributed by atoms with E-state index in [1.807, 2.05) is 0 Å². The standard InChI is InChI=1S/C7H9BrN2O3S/c1-13-2-3-14(11,12)6-4-9-7(8)10-5-6/h4-5H,2-3H2,1H3. The summed E-state index contributed by atoms with van der Waals surface area (Å²) in [5.74, 6) is -0.0610. The molecule has 1 aromatic rings. The summed E-state index contributed by atoms with van der Waals surface area (Å²) >= 11 is 3.02. The monoisotopic (exact) mass is 280 g/mol. The Morgan fingerprint density at radius 3 is 2.50 bits per heavy atom. The normalized spacial score (nSPS) is 11.6. The first-order chi connectivity index (χ1) is 6.56. The smallest absolute Gasteiger partial charge is 0.196 e. The van der Waals surface area contributed by atoms with Crippen molar-refractivity contribution in [1.82, 2.24) is 9.97 Å². The van der Waals surface area contributed by atoms with Gasteiger partial charge in [-0.3, -0.25) is 0 Å². The minimum Gasteiger partial charge on any atom is -0.384 e. The van der Waals surface area contributed by atoms with E-state index in [0.29, 0.717) is 4.73 Å². The SMILES string of the molecule is COCCS(=O)(=O)c1cnc(Br)nc1. The maximum absolute atomic E-state index is 11.5. The van der Waals surface area contributed by atoms with E-state index < -0.39 is 9.84 Å². The van der Waals surface area contributed by atoms with Crippen LogP contribution in [0.4, 0.5) is 0 Å². The molecule has 0 aliphatic heterocycles. The molecule has 0 atom stereocenters. The van der Waals surface area contributed by atoms with Gasteiger partial charge in [-0.2, -0.15) is 0 Å². The van der Waals surface area contributed by atoms with Gasteiger partial charge in [-0.25, -0.2) is 18.4 Å². The van der Waals surface area contributed by atoms with E-state index in [4.69, 9.17) is 4.74 Å². The second-order valence-corrected chi connectivity index (χ2v) is 5.32. The molecule has 0 aliphatic rings. The van der Waals surface area contributed by atoms with Crippen molar-refractivity contribution in [2.45, 2.75) is 4.90 Å². The van der Waals surface area contributed by atoms with Gasteiger partial charge in [0.15, 0.2) is 14.6 Å². The topological polar surface area (TPSA) is 69.2 Å². The third kappa shape index (κ3) is 3.00. The number of methoxy groups -OCH3 is 1. The first kappa shape index (κ1) is 11.5. The van der Waals surface area contributed by atoms with Gasteiger partial charge in [-0.05, 0) is 15.9 Å². The minimum atomic E-state index is -3.31. The molecule has 0 amide bonds. The number of ether oxygens (including phenoxy) is 1. The van der Waals surface area contributed by atoms with Crippen molar-refractivity contribution in [3.05, 3.63) is 17.1 Å². The molecule has 0 radical (unpaired) electrons. The van der Waals surface area contributed by atoms with Crippen LogP contribution < -0.4 is 0 Å². The van der Waals surface area contributed by atoms with E-state index >= 15 is 0 Å². The van der Waals surface area contributed by atoms with Crippen LogP contribution in [-0.4, -0.2) is 37.9 Å². The molecule has 0 saturated carbocycles. The van der Waals surface area contributed by atoms with E-state index in [1.165, 1.54) is 19.5 Å². The van der Waals surface area contributed by atoms with E-state index in [0.717, 1.165) is 0 Å². The number of halogens is 1. The second kappa shape index (κ2) is 4.81. The van der Waals surface area contributed by atoms with Gasteiger partial charge in [0.1, 0.15) is 4.90 Å². The highest BCUT2D eigenvalue weighted by Crippen LogP contribution is 2.09. The Bertz CT molecular complexity index is 390. The number of aromatic nitrogens is 2. The molecule has 0 spiro atoms. The summed E-state index contributed by atoms with van der Waals surface area (Å²) in [5, 5.41) is 0. The zero-order chi connectivity index (χ0) is 10.6. The van der Waals surface area contributed by atoms with Crippen LogP contribution in [0.15, 0.2) is 22.0 Å². The lowest BCUT2D eigenvalue weighted by Crippen LogP contribution is -2.12. The van der Waals surface area contributed by atoms with E-state index in [9.17, 15) is 8.42 Å². The average molecular weight is 281 g/mol. The molecule has 5 nitrogen and oxygen atoms in total. The summed E-state index contributed by atoms with van der Waals surface area (Å²) in [6.45, 7) is 0.165. The molecular formula is C7H9BrN2O3S. The van der Waals surface area contributed by atoms with Crippen LogP contribution in [0.3, 0.4) is 0 Å². The molecule has 1 aromatic heterocycles. The van der Waals surface area contributed by atoms with Crippen LogP contribution in [0, 0.1) is 0 Å². The van der Waals surface area contributed by atoms with Crippen LogP contribution >= 0.6 is 15.9 Å². The number of hydrogen-bond acceptors (Lipinski definition) is 5. The number of hydrogen-bond donors (Lipinski definition) is 0. The third-order valence-electron chi connectivity index (χ3n) is 1.51. The van der Waals surface area contributed by atoms with Gasteiger partial charge in [0.2, 0.25) is 0 Å². The molecule has 0 saturated heterocycles. The van der Waals surface area contributed by atoms with Crippen molar-refractivity contribution in [1.29, 1.82) is 0 Å². The lowest BCUT2D eigenvalue weighted by atomic mass is 10.7. The fourth-order valence-electron chi connectivity index (χ4n) is 0.772. The van der Waals surface area contributed by atoms with Crippen molar-refractivity contribution in [2.24, 2.45) is 0 Å². The largest absolute Gasteiger partial charge is 0.384 e. The molecule has 0 aromatic carbocycles. The lowest BCUT2D eigenvalue weighted by Gasteiger charge is -2.02. The molecule has 7 heteroatoms. The van der Waals surface area contributed by atoms with E-state index in [2.05, 4.69) is 25.9 Å². The van der Waals surface area contributed by atoms with Gasteiger partial charge < -0.3 is 4.74 Å². The Morgan fingerprint density at radius 2 is 2.00 bits per heavy atom. The van der Waals surface area contributed by atoms with Gasteiger partial charge in [-0.15, -0.1) is 0 Å². The zero-order valence-electron chi connectivity index (χ0n) is 7.47. The van der Waals surface area contributed by atoms with Gasteiger partial charge in [0, 0.05) is 7.11 Å². The van der Waals surface area contributed by atoms with Crippen LogP contribution in [0.1, 0.15) is 0 Å². The highest BCUT2D eigenvalue weighted by molar-refractivity contribution is 9.10. The Balaban J connectivity index is 2.87. The van der Waals surface area contributed by atoms with E-state index in [1.54, 1.807) is 0 Å². The van der Waals surface area contributed by atoms with Crippen molar-refractivity contribution >= 4 is 25.8 Å². The molecule has 78 valence electrons. The summed E-state index contributed by atoms with van der Waals surface area (Å²) in [6, 6.07) is 0. The first-order valence-corrected chi connectivity index (χ1v) is 6.20. The number of rotatable bonds is 4. The maximum atomic E-state index is 11.5. The summed E-state index contributed by atoms with van der Waals surface area (Å²) in [4.78, 5) is 7.59. The second-order valence-electron chi connectivity index (χ2n) is 2.50. The highest BCUT2D eigenvalue weighted by atomic mass is 79.9. The minimum absolute atomic E-state index is 0.0610. The van der Waals surface area contributed by atoms with Crippen LogP contribution in [0.5, 0.6) is 0 Å². The van der Waals surface area contributed by atoms with Crippen molar-refractivity contribution in [3.8, 4) is 0 Å². The van der Waals surface area contributed by atoms with Crippen LogP contribution in [-0.2, 0) is 14.6 Å². The zero-order valence-corrected chi connectivity index (χ0v) is 9.88. The van der Waals surface area contributed by atoms with Crippen molar-refractivity contribution in [2.75, 3.05) is 19.5 Å². The molecule has 1 rings (SSSR count). The number of nitrogens with zero attached hydrogens (tertiary/aromatic N) is 2. The Morgan fingerprint density at radius 1 is 1.43 bits per heavy atom. The summed E-state index contributed by atoms with van der Waals surface area (Å²) in [6.07, 6.45) is 2.53. The molecule has 1 heterocycles. The van der Waals surface area contributed by atoms with Gasteiger partial charge in [-0.1, -0.05) is 0 Å². The predicted molar refractivity (Wildman–Crippen MR) is 53.7 cm³/mol. The third-order valence-corrected chi connectivity index (χ3v) is 3.55. The average Bonchev–Trinajstić information content (AvgIpc) is 2.16. The lowest BCUT2D eigenvalue weighted by molar-refractivity contribution is 0.217. The molecule has 0 fully saturated rings. The Kier molecular flexibility index (Phi) is 3.97. The first-order valence-electron chi connectivity index (χ1n) is 3.75. The summed E-state index contributed by atoms with van der Waals surface area (Å²) in [5.41, 5.74) is 0. The van der Waals surface area contributed by atoms with Crippen molar-refractivity contribution in [3.63, 3.8) is 0 Å². The summed E-state index contributed by atoms with van der Waals surface area (Å²) in [7, 11) is -1.86. The maximum Gasteiger partial charge on any atom is 0.196 e. The van der Waals surface area contributed by atoms with Gasteiger partial charge in [0.25, 0.3) is 0 Å². The van der Waals surface area contributed by atoms with Crippen LogP contribution in [0.25, 0.3) is 0 Å². The molecule has 0 aliphatic carbocycles. The van der Waals surface area contributed by atoms with Crippen LogP contribution in [0.2, 0.25) is 0 Å². The fourth-order valence-corrected chi connectivity index (χ4v) is 2.03. The van der Waals surface area contributed by atoms with E-state index in [-0.39, 0.29) is 17.3 Å². The van der Waals surface area contributed by atoms with Gasteiger partial charge >= 0.3 is 0 Å². The van der Waals surface area contributed by atoms with Crippen molar-refractivity contribution < 1.29 is 13.2 Å². The van der Waals surface area contributed by atoms with Gasteiger partial charge in [0.05, 0.1) is 24.8 Å². The molecule has 0 unspecified atom stereocenters. The Labute approximate surface area is 90.6 Å². The highest BCUT2D eigenvalue weighted by Gasteiger charge is 2.14. The molecule has 14 heavy (non-hydrogen) atoms. The molecular weight excluding hydrogens is 272 g/mol. The number of sulfone groups is 1. The Hall–Kier alpha value is -0.530. The quantitative estimate of drug-likeness (QED) is 0.758. The molecule has 0 N–H and O–H groups in total. The molecule has 0 bridgehead atoms. The summed E-state index contributed by atoms with van der Waals surface area (Å²) < 4.78 is 28.1. The predicted octanol–water partition coefficient (Wildman–Crippen LogP) is 0.659.